The first kappa shape index (κ1) is 24.1. The van der Waals surface area contributed by atoms with Crippen molar-refractivity contribution in [1.29, 1.82) is 0 Å². The second-order valence-electron chi connectivity index (χ2n) is 10.4. The number of rotatable bonds is 6. The lowest BCUT2D eigenvalue weighted by atomic mass is 9.79. The molecule has 0 bridgehead atoms. The first-order valence-corrected chi connectivity index (χ1v) is 13.0. The highest BCUT2D eigenvalue weighted by Gasteiger charge is 2.31. The molecular weight excluding hydrogens is 443 g/mol. The largest absolute Gasteiger partial charge is 0.329 e. The summed E-state index contributed by atoms with van der Waals surface area (Å²) in [5, 5.41) is 1.01. The number of aromatic nitrogens is 2. The van der Waals surface area contributed by atoms with Crippen LogP contribution in [0.25, 0.3) is 11.0 Å². The van der Waals surface area contributed by atoms with E-state index in [-0.39, 0.29) is 11.7 Å². The molecule has 5 nitrogen and oxygen atoms in total. The highest BCUT2D eigenvalue weighted by Crippen LogP contribution is 2.35. The van der Waals surface area contributed by atoms with Gasteiger partial charge in [-0.3, -0.25) is 9.13 Å². The van der Waals surface area contributed by atoms with Crippen molar-refractivity contribution >= 4 is 34.2 Å². The second-order valence-corrected chi connectivity index (χ2v) is 11.3. The molecule has 1 aromatic carbocycles. The van der Waals surface area contributed by atoms with Gasteiger partial charge in [-0.2, -0.15) is 0 Å². The molecule has 4 rings (SSSR count). The van der Waals surface area contributed by atoms with E-state index in [4.69, 9.17) is 23.2 Å². The molecule has 0 unspecified atom stereocenters. The van der Waals surface area contributed by atoms with Gasteiger partial charge in [0.25, 0.3) is 0 Å². The standard InChI is InChI=1S/C25H38Cl2N4O/c1-17(2)18-5-7-19(8-6-18)29-11-9-20(10-12-29)31-24-16-22(27)21(26)15-23(24)30(25(31)32)14-13-28(3)4/h15-20H,5-14H2,1-4H3/t18-,19-. The van der Waals surface area contributed by atoms with Gasteiger partial charge in [-0.1, -0.05) is 37.0 Å². The molecular formula is C25H38Cl2N4O. The summed E-state index contributed by atoms with van der Waals surface area (Å²) in [6.07, 6.45) is 7.39. The van der Waals surface area contributed by atoms with Crippen LogP contribution < -0.4 is 5.69 Å². The lowest BCUT2D eigenvalue weighted by molar-refractivity contribution is 0.0886. The molecule has 2 heterocycles. The van der Waals surface area contributed by atoms with Crippen LogP contribution in [-0.4, -0.2) is 58.7 Å². The van der Waals surface area contributed by atoms with Crippen LogP contribution in [0.15, 0.2) is 16.9 Å². The number of hydrogen-bond donors (Lipinski definition) is 0. The minimum absolute atomic E-state index is 0.0658. The van der Waals surface area contributed by atoms with Gasteiger partial charge in [-0.25, -0.2) is 4.79 Å². The van der Waals surface area contributed by atoms with Crippen LogP contribution in [0.1, 0.15) is 58.4 Å². The molecule has 1 saturated carbocycles. The molecule has 2 aromatic rings. The summed E-state index contributed by atoms with van der Waals surface area (Å²) in [5.74, 6) is 1.70. The Morgan fingerprint density at radius 1 is 0.938 bits per heavy atom. The van der Waals surface area contributed by atoms with Crippen molar-refractivity contribution in [3.8, 4) is 0 Å². The summed E-state index contributed by atoms with van der Waals surface area (Å²) < 4.78 is 3.87. The van der Waals surface area contributed by atoms with Crippen molar-refractivity contribution in [2.24, 2.45) is 11.8 Å². The third-order valence-electron chi connectivity index (χ3n) is 7.84. The summed E-state index contributed by atoms with van der Waals surface area (Å²) in [4.78, 5) is 18.3. The van der Waals surface area contributed by atoms with E-state index in [2.05, 4.69) is 23.6 Å². The van der Waals surface area contributed by atoms with Crippen molar-refractivity contribution < 1.29 is 0 Å². The molecule has 0 spiro atoms. The smallest absolute Gasteiger partial charge is 0.308 e. The monoisotopic (exact) mass is 480 g/mol. The van der Waals surface area contributed by atoms with Crippen molar-refractivity contribution in [2.45, 2.75) is 71.0 Å². The van der Waals surface area contributed by atoms with Crippen LogP contribution in [0.2, 0.25) is 10.0 Å². The molecule has 1 aliphatic heterocycles. The molecule has 1 aliphatic carbocycles. The van der Waals surface area contributed by atoms with E-state index in [0.29, 0.717) is 16.6 Å². The lowest BCUT2D eigenvalue weighted by Crippen LogP contribution is -2.45. The van der Waals surface area contributed by atoms with Crippen LogP contribution in [0, 0.1) is 11.8 Å². The molecule has 0 radical (unpaired) electrons. The normalized spacial score (nSPS) is 23.6. The van der Waals surface area contributed by atoms with Crippen molar-refractivity contribution in [1.82, 2.24) is 18.9 Å². The van der Waals surface area contributed by atoms with Crippen molar-refractivity contribution in [2.75, 3.05) is 33.7 Å². The van der Waals surface area contributed by atoms with Gasteiger partial charge in [0, 0.05) is 38.3 Å². The Morgan fingerprint density at radius 3 is 2.09 bits per heavy atom. The van der Waals surface area contributed by atoms with Gasteiger partial charge in [0.1, 0.15) is 0 Å². The first-order valence-electron chi connectivity index (χ1n) is 12.2. The number of likely N-dealkylation sites (tertiary alicyclic amines) is 1. The Kier molecular flexibility index (Phi) is 7.60. The quantitative estimate of drug-likeness (QED) is 0.545. The molecule has 2 fully saturated rings. The van der Waals surface area contributed by atoms with Crippen LogP contribution in [0.5, 0.6) is 0 Å². The minimum Gasteiger partial charge on any atom is -0.308 e. The van der Waals surface area contributed by atoms with Crippen LogP contribution in [-0.2, 0) is 6.54 Å². The van der Waals surface area contributed by atoms with E-state index >= 15 is 0 Å². The molecule has 178 valence electrons. The fourth-order valence-corrected chi connectivity index (χ4v) is 6.10. The summed E-state index contributed by atoms with van der Waals surface area (Å²) in [5.41, 5.74) is 1.87. The fraction of sp³-hybridized carbons (Fsp3) is 0.720. The number of halogens is 2. The number of imidazole rings is 1. The van der Waals surface area contributed by atoms with E-state index < -0.39 is 0 Å². The Balaban J connectivity index is 1.52. The summed E-state index contributed by atoms with van der Waals surface area (Å²) in [7, 11) is 4.05. The van der Waals surface area contributed by atoms with Crippen molar-refractivity contribution in [3.63, 3.8) is 0 Å². The zero-order valence-electron chi connectivity index (χ0n) is 20.0. The van der Waals surface area contributed by atoms with E-state index in [0.717, 1.165) is 61.4 Å². The van der Waals surface area contributed by atoms with E-state index in [9.17, 15) is 4.79 Å². The molecule has 7 heteroatoms. The van der Waals surface area contributed by atoms with Gasteiger partial charge in [0.05, 0.1) is 21.1 Å². The van der Waals surface area contributed by atoms with Crippen LogP contribution >= 0.6 is 23.2 Å². The number of fused-ring (bicyclic) bond motifs is 1. The maximum Gasteiger partial charge on any atom is 0.329 e. The average molecular weight is 482 g/mol. The zero-order valence-corrected chi connectivity index (χ0v) is 21.5. The van der Waals surface area contributed by atoms with Gasteiger partial charge in [-0.15, -0.1) is 0 Å². The van der Waals surface area contributed by atoms with E-state index in [1.807, 2.05) is 35.4 Å². The Bertz CT molecular complexity index is 980. The third-order valence-corrected chi connectivity index (χ3v) is 8.56. The number of nitrogens with zero attached hydrogens (tertiary/aromatic N) is 4. The van der Waals surface area contributed by atoms with Gasteiger partial charge in [-0.05, 0) is 76.6 Å². The maximum absolute atomic E-state index is 13.5. The van der Waals surface area contributed by atoms with Crippen molar-refractivity contribution in [3.05, 3.63) is 32.7 Å². The molecule has 0 amide bonds. The predicted octanol–water partition coefficient (Wildman–Crippen LogP) is 5.52. The Morgan fingerprint density at radius 2 is 1.53 bits per heavy atom. The minimum atomic E-state index is 0.0658. The maximum atomic E-state index is 13.5. The number of benzene rings is 1. The summed E-state index contributed by atoms with van der Waals surface area (Å²) in [6, 6.07) is 4.67. The molecule has 32 heavy (non-hydrogen) atoms. The summed E-state index contributed by atoms with van der Waals surface area (Å²) >= 11 is 12.7. The zero-order chi connectivity index (χ0) is 23.0. The van der Waals surface area contributed by atoms with Gasteiger partial charge in [0.2, 0.25) is 0 Å². The molecule has 2 aliphatic rings. The van der Waals surface area contributed by atoms with Gasteiger partial charge >= 0.3 is 5.69 Å². The molecule has 0 N–H and O–H groups in total. The highest BCUT2D eigenvalue weighted by atomic mass is 35.5. The van der Waals surface area contributed by atoms with Crippen LogP contribution in [0.3, 0.4) is 0 Å². The highest BCUT2D eigenvalue weighted by molar-refractivity contribution is 6.42. The topological polar surface area (TPSA) is 33.4 Å². The Hall–Kier alpha value is -1.01. The Labute approximate surface area is 202 Å². The van der Waals surface area contributed by atoms with E-state index in [1.165, 1.54) is 25.7 Å². The van der Waals surface area contributed by atoms with Gasteiger partial charge < -0.3 is 9.80 Å². The fourth-order valence-electron chi connectivity index (χ4n) is 5.78. The molecule has 0 atom stereocenters. The third kappa shape index (κ3) is 4.91. The van der Waals surface area contributed by atoms with E-state index in [1.54, 1.807) is 0 Å². The van der Waals surface area contributed by atoms with Gasteiger partial charge in [0.15, 0.2) is 0 Å². The summed E-state index contributed by atoms with van der Waals surface area (Å²) in [6.45, 7) is 8.31. The molecule has 1 saturated heterocycles. The first-order chi connectivity index (χ1) is 15.3. The number of hydrogen-bond acceptors (Lipinski definition) is 3. The number of piperidine rings is 1. The predicted molar refractivity (Wildman–Crippen MR) is 135 cm³/mol. The molecule has 1 aromatic heterocycles. The average Bonchev–Trinajstić information content (AvgIpc) is 3.03. The number of likely N-dealkylation sites (N-methyl/N-ethyl adjacent to an activating group) is 1. The SMILES string of the molecule is CC(C)[C@H]1CC[C@H](N2CCC(n3c(=O)n(CCN(C)C)c4cc(Cl)c(Cl)cc43)CC2)CC1. The van der Waals surface area contributed by atoms with Crippen LogP contribution in [0.4, 0.5) is 0 Å². The second kappa shape index (κ2) is 10.1. The lowest BCUT2D eigenvalue weighted by Gasteiger charge is -2.41.